The molecule has 3 aromatic carbocycles. The molecule has 1 N–H and O–H groups in total. The molecule has 196 valence electrons. The van der Waals surface area contributed by atoms with Crippen molar-refractivity contribution in [3.05, 3.63) is 94.5 Å². The number of amides is 2. The number of aryl methyl sites for hydroxylation is 3. The van der Waals surface area contributed by atoms with Gasteiger partial charge in [0.05, 0.1) is 10.6 Å². The van der Waals surface area contributed by atoms with E-state index < -0.39 is 28.5 Å². The average molecular weight is 522 g/mol. The Labute approximate surface area is 220 Å². The Balaban J connectivity index is 2.07. The molecule has 2 amide bonds. The molecule has 0 unspecified atom stereocenters. The van der Waals surface area contributed by atoms with Crippen molar-refractivity contribution in [2.75, 3.05) is 17.9 Å². The Hall–Kier alpha value is -3.65. The fourth-order valence-corrected chi connectivity index (χ4v) is 5.51. The van der Waals surface area contributed by atoms with Crippen molar-refractivity contribution in [1.29, 1.82) is 0 Å². The maximum absolute atomic E-state index is 13.9. The smallest absolute Gasteiger partial charge is 0.264 e. The number of hydrogen-bond donors (Lipinski definition) is 1. The molecule has 0 aliphatic heterocycles. The number of benzene rings is 3. The number of rotatable bonds is 9. The van der Waals surface area contributed by atoms with Crippen molar-refractivity contribution >= 4 is 27.5 Å². The highest BCUT2D eigenvalue weighted by Crippen LogP contribution is 2.29. The van der Waals surface area contributed by atoms with Crippen LogP contribution < -0.4 is 9.62 Å². The summed E-state index contributed by atoms with van der Waals surface area (Å²) in [5.41, 5.74) is 4.94. The van der Waals surface area contributed by atoms with Crippen LogP contribution in [0.5, 0.6) is 0 Å². The summed E-state index contributed by atoms with van der Waals surface area (Å²) in [5, 5.41) is 2.59. The highest BCUT2D eigenvalue weighted by molar-refractivity contribution is 7.92. The molecule has 3 rings (SSSR count). The van der Waals surface area contributed by atoms with Crippen molar-refractivity contribution < 1.29 is 18.0 Å². The number of carbonyl (C=O) groups is 2. The number of likely N-dealkylation sites (N-methyl/N-ethyl adjacent to an activating group) is 1. The standard InChI is InChI=1S/C29H35N3O4S/c1-20-10-14-25(15-11-20)18-31(24(5)29(34)30-6)28(33)19-32(27-9-7-8-22(3)23(27)4)37(35,36)26-16-12-21(2)13-17-26/h7-17,24H,18-19H2,1-6H3,(H,30,34)/t24-/m1/s1. The maximum Gasteiger partial charge on any atom is 0.264 e. The number of nitrogens with zero attached hydrogens (tertiary/aromatic N) is 2. The van der Waals surface area contributed by atoms with Gasteiger partial charge in [-0.15, -0.1) is 0 Å². The van der Waals surface area contributed by atoms with Crippen LogP contribution >= 0.6 is 0 Å². The van der Waals surface area contributed by atoms with E-state index >= 15 is 0 Å². The van der Waals surface area contributed by atoms with E-state index in [0.717, 1.165) is 32.1 Å². The molecule has 3 aromatic rings. The molecule has 7 nitrogen and oxygen atoms in total. The van der Waals surface area contributed by atoms with Crippen LogP contribution in [0.3, 0.4) is 0 Å². The van der Waals surface area contributed by atoms with Gasteiger partial charge in [0.1, 0.15) is 12.6 Å². The van der Waals surface area contributed by atoms with Gasteiger partial charge in [0, 0.05) is 13.6 Å². The van der Waals surface area contributed by atoms with Crippen molar-refractivity contribution in [1.82, 2.24) is 10.2 Å². The van der Waals surface area contributed by atoms with E-state index in [9.17, 15) is 18.0 Å². The number of hydrogen-bond acceptors (Lipinski definition) is 4. The summed E-state index contributed by atoms with van der Waals surface area (Å²) < 4.78 is 28.9. The second-order valence-electron chi connectivity index (χ2n) is 9.34. The van der Waals surface area contributed by atoms with E-state index in [0.29, 0.717) is 5.69 Å². The largest absolute Gasteiger partial charge is 0.357 e. The lowest BCUT2D eigenvalue weighted by Gasteiger charge is -2.32. The number of nitrogens with one attached hydrogen (secondary N) is 1. The summed E-state index contributed by atoms with van der Waals surface area (Å²) in [6.45, 7) is 8.94. The van der Waals surface area contributed by atoms with Gasteiger partial charge in [-0.1, -0.05) is 59.7 Å². The minimum Gasteiger partial charge on any atom is -0.357 e. The lowest BCUT2D eigenvalue weighted by atomic mass is 10.1. The molecule has 0 aromatic heterocycles. The van der Waals surface area contributed by atoms with Crippen molar-refractivity contribution in [3.8, 4) is 0 Å². The fraction of sp³-hybridized carbons (Fsp3) is 0.310. The molecule has 0 radical (unpaired) electrons. The van der Waals surface area contributed by atoms with Crippen molar-refractivity contribution in [3.63, 3.8) is 0 Å². The average Bonchev–Trinajstić information content (AvgIpc) is 2.88. The lowest BCUT2D eigenvalue weighted by Crippen LogP contribution is -2.50. The third-order valence-corrected chi connectivity index (χ3v) is 8.39. The van der Waals surface area contributed by atoms with Crippen LogP contribution in [0, 0.1) is 27.7 Å². The van der Waals surface area contributed by atoms with Crippen LogP contribution in [0.4, 0.5) is 5.69 Å². The minimum atomic E-state index is -4.08. The summed E-state index contributed by atoms with van der Waals surface area (Å²) in [6, 6.07) is 18.8. The van der Waals surface area contributed by atoms with Crippen LogP contribution in [0.15, 0.2) is 71.6 Å². The molecule has 0 fully saturated rings. The van der Waals surface area contributed by atoms with Crippen molar-refractivity contribution in [2.45, 2.75) is 52.1 Å². The van der Waals surface area contributed by atoms with Crippen LogP contribution in [0.2, 0.25) is 0 Å². The molecule has 0 bridgehead atoms. The first-order chi connectivity index (χ1) is 17.4. The molecular formula is C29H35N3O4S. The lowest BCUT2D eigenvalue weighted by molar-refractivity contribution is -0.139. The number of sulfonamides is 1. The first kappa shape index (κ1) is 27.9. The molecule has 0 spiro atoms. The van der Waals surface area contributed by atoms with E-state index in [1.54, 1.807) is 43.3 Å². The van der Waals surface area contributed by atoms with E-state index in [1.165, 1.54) is 11.9 Å². The van der Waals surface area contributed by atoms with Crippen LogP contribution in [-0.2, 0) is 26.2 Å². The van der Waals surface area contributed by atoms with Crippen LogP contribution in [0.25, 0.3) is 0 Å². The normalized spacial score (nSPS) is 12.1. The maximum atomic E-state index is 13.9. The summed E-state index contributed by atoms with van der Waals surface area (Å²) in [6.07, 6.45) is 0. The van der Waals surface area contributed by atoms with Crippen LogP contribution in [-0.4, -0.2) is 44.8 Å². The quantitative estimate of drug-likeness (QED) is 0.455. The summed E-state index contributed by atoms with van der Waals surface area (Å²) >= 11 is 0. The molecule has 37 heavy (non-hydrogen) atoms. The summed E-state index contributed by atoms with van der Waals surface area (Å²) in [4.78, 5) is 27.9. The summed E-state index contributed by atoms with van der Waals surface area (Å²) in [5.74, 6) is -0.812. The zero-order chi connectivity index (χ0) is 27.3. The zero-order valence-corrected chi connectivity index (χ0v) is 23.1. The van der Waals surface area contributed by atoms with Gasteiger partial charge in [0.15, 0.2) is 0 Å². The van der Waals surface area contributed by atoms with E-state index in [2.05, 4.69) is 5.32 Å². The van der Waals surface area contributed by atoms with E-state index in [4.69, 9.17) is 0 Å². The van der Waals surface area contributed by atoms with Crippen LogP contribution in [0.1, 0.15) is 34.7 Å². The minimum absolute atomic E-state index is 0.0937. The zero-order valence-electron chi connectivity index (χ0n) is 22.3. The molecular weight excluding hydrogens is 486 g/mol. The van der Waals surface area contributed by atoms with E-state index in [1.807, 2.05) is 58.0 Å². The fourth-order valence-electron chi connectivity index (χ4n) is 4.04. The number of anilines is 1. The molecule has 8 heteroatoms. The third kappa shape index (κ3) is 6.38. The third-order valence-electron chi connectivity index (χ3n) is 6.62. The Bertz CT molecular complexity index is 1370. The second kappa shape index (κ2) is 11.6. The Morgan fingerprint density at radius 1 is 0.865 bits per heavy atom. The molecule has 0 saturated carbocycles. The van der Waals surface area contributed by atoms with Crippen molar-refractivity contribution in [2.24, 2.45) is 0 Å². The van der Waals surface area contributed by atoms with Gasteiger partial charge in [-0.3, -0.25) is 13.9 Å². The van der Waals surface area contributed by atoms with Gasteiger partial charge in [0.25, 0.3) is 10.0 Å². The van der Waals surface area contributed by atoms with Gasteiger partial charge in [-0.05, 0) is 69.5 Å². The number of carbonyl (C=O) groups excluding carboxylic acids is 2. The van der Waals surface area contributed by atoms with Gasteiger partial charge in [-0.25, -0.2) is 8.42 Å². The van der Waals surface area contributed by atoms with Gasteiger partial charge in [-0.2, -0.15) is 0 Å². The molecule has 1 atom stereocenters. The first-order valence-corrected chi connectivity index (χ1v) is 13.6. The molecule has 0 aliphatic rings. The highest BCUT2D eigenvalue weighted by Gasteiger charge is 2.33. The topological polar surface area (TPSA) is 86.8 Å². The summed E-state index contributed by atoms with van der Waals surface area (Å²) in [7, 11) is -2.57. The van der Waals surface area contributed by atoms with Gasteiger partial charge < -0.3 is 10.2 Å². The predicted molar refractivity (Wildman–Crippen MR) is 147 cm³/mol. The second-order valence-corrected chi connectivity index (χ2v) is 11.2. The SMILES string of the molecule is CNC(=O)[C@@H](C)N(Cc1ccc(C)cc1)C(=O)CN(c1cccc(C)c1C)S(=O)(=O)c1ccc(C)cc1. The van der Waals surface area contributed by atoms with Gasteiger partial charge in [0.2, 0.25) is 11.8 Å². The Kier molecular flexibility index (Phi) is 8.76. The van der Waals surface area contributed by atoms with Gasteiger partial charge >= 0.3 is 0 Å². The molecule has 0 aliphatic carbocycles. The monoisotopic (exact) mass is 521 g/mol. The first-order valence-electron chi connectivity index (χ1n) is 12.2. The predicted octanol–water partition coefficient (Wildman–Crippen LogP) is 4.28. The highest BCUT2D eigenvalue weighted by atomic mass is 32.2. The Morgan fingerprint density at radius 3 is 2.00 bits per heavy atom. The molecule has 0 heterocycles. The van der Waals surface area contributed by atoms with E-state index in [-0.39, 0.29) is 17.3 Å². The molecule has 0 saturated heterocycles. The Morgan fingerprint density at radius 2 is 1.43 bits per heavy atom.